The fourth-order valence-electron chi connectivity index (χ4n) is 2.73. The molecule has 0 fully saturated rings. The minimum Gasteiger partial charge on any atom is -0.497 e. The second kappa shape index (κ2) is 10.3. The van der Waals surface area contributed by atoms with Gasteiger partial charge in [0.15, 0.2) is 16.4 Å². The summed E-state index contributed by atoms with van der Waals surface area (Å²) in [4.78, 5) is 16.6. The number of amides is 1. The maximum Gasteiger partial charge on any atom is 0.246 e. The van der Waals surface area contributed by atoms with Gasteiger partial charge >= 0.3 is 0 Å². The fourth-order valence-corrected chi connectivity index (χ4v) is 3.79. The molecule has 1 heterocycles. The molecule has 0 aliphatic rings. The van der Waals surface area contributed by atoms with Gasteiger partial charge in [-0.25, -0.2) is 8.42 Å². The molecular weight excluding hydrogens is 434 g/mol. The quantitative estimate of drug-likeness (QED) is 0.491. The van der Waals surface area contributed by atoms with E-state index in [-0.39, 0.29) is 36.3 Å². The topological polar surface area (TPSA) is 121 Å². The number of benzene rings is 2. The van der Waals surface area contributed by atoms with Crippen LogP contribution in [-0.2, 0) is 34.2 Å². The number of sulfone groups is 1. The van der Waals surface area contributed by atoms with Gasteiger partial charge in [-0.3, -0.25) is 4.79 Å². The van der Waals surface area contributed by atoms with Crippen molar-refractivity contribution in [3.8, 4) is 11.5 Å². The number of hydrogen-bond donors (Lipinski definition) is 1. The molecule has 170 valence electrons. The van der Waals surface area contributed by atoms with Crippen LogP contribution in [0.3, 0.4) is 0 Å². The lowest BCUT2D eigenvalue weighted by Gasteiger charge is -2.08. The minimum atomic E-state index is -3.34. The maximum atomic E-state index is 12.2. The summed E-state index contributed by atoms with van der Waals surface area (Å²) >= 11 is 0. The van der Waals surface area contributed by atoms with E-state index in [1.807, 2.05) is 0 Å². The van der Waals surface area contributed by atoms with Crippen molar-refractivity contribution in [3.05, 3.63) is 65.8 Å². The first-order chi connectivity index (χ1) is 15.3. The molecule has 3 rings (SSSR count). The number of hydrogen-bond acceptors (Lipinski definition) is 8. The first-order valence-electron chi connectivity index (χ1n) is 9.96. The lowest BCUT2D eigenvalue weighted by molar-refractivity contribution is -0.120. The van der Waals surface area contributed by atoms with Crippen molar-refractivity contribution in [2.24, 2.45) is 0 Å². The summed E-state index contributed by atoms with van der Waals surface area (Å²) in [5.74, 6) is 1.72. The van der Waals surface area contributed by atoms with Gasteiger partial charge in [0.2, 0.25) is 17.6 Å². The van der Waals surface area contributed by atoms with Crippen molar-refractivity contribution in [1.29, 1.82) is 0 Å². The molecule has 0 unspecified atom stereocenters. The van der Waals surface area contributed by atoms with E-state index in [1.54, 1.807) is 57.4 Å². The molecular formula is C22H25N3O6S. The van der Waals surface area contributed by atoms with Gasteiger partial charge < -0.3 is 19.3 Å². The highest BCUT2D eigenvalue weighted by molar-refractivity contribution is 7.92. The first kappa shape index (κ1) is 23.3. The normalized spacial score (nSPS) is 11.4. The van der Waals surface area contributed by atoms with Crippen molar-refractivity contribution in [3.63, 3.8) is 0 Å². The molecule has 2 aromatic carbocycles. The molecule has 1 aromatic heterocycles. The zero-order chi connectivity index (χ0) is 23.1. The van der Waals surface area contributed by atoms with Crippen LogP contribution in [0.15, 0.2) is 57.9 Å². The second-order valence-corrected chi connectivity index (χ2v) is 9.76. The number of methoxy groups -OCH3 is 1. The van der Waals surface area contributed by atoms with E-state index in [4.69, 9.17) is 14.0 Å². The summed E-state index contributed by atoms with van der Waals surface area (Å²) in [5.41, 5.74) is 0.698. The Morgan fingerprint density at radius 2 is 1.72 bits per heavy atom. The smallest absolute Gasteiger partial charge is 0.246 e. The van der Waals surface area contributed by atoms with Crippen LogP contribution in [0, 0.1) is 0 Å². The lowest BCUT2D eigenvalue weighted by atomic mass is 10.1. The van der Waals surface area contributed by atoms with E-state index < -0.39 is 15.1 Å². The number of aromatic nitrogens is 2. The number of ether oxygens (including phenoxy) is 2. The van der Waals surface area contributed by atoms with Gasteiger partial charge in [0.25, 0.3) is 0 Å². The van der Waals surface area contributed by atoms with Crippen molar-refractivity contribution in [2.75, 3.05) is 7.11 Å². The molecule has 10 heteroatoms. The summed E-state index contributed by atoms with van der Waals surface area (Å²) in [6.07, 6.45) is 0.101. The van der Waals surface area contributed by atoms with E-state index in [9.17, 15) is 13.2 Å². The summed E-state index contributed by atoms with van der Waals surface area (Å²) in [5, 5.41) is 6.03. The Morgan fingerprint density at radius 1 is 1.06 bits per heavy atom. The Labute approximate surface area is 186 Å². The third-order valence-electron chi connectivity index (χ3n) is 4.61. The van der Waals surface area contributed by atoms with Crippen LogP contribution in [0.4, 0.5) is 0 Å². The molecule has 0 atom stereocenters. The van der Waals surface area contributed by atoms with Crippen molar-refractivity contribution in [1.82, 2.24) is 15.5 Å². The summed E-state index contributed by atoms with van der Waals surface area (Å²) in [6.45, 7) is 3.46. The Balaban J connectivity index is 1.46. The molecule has 32 heavy (non-hydrogen) atoms. The Morgan fingerprint density at radius 3 is 2.34 bits per heavy atom. The number of rotatable bonds is 10. The highest BCUT2D eigenvalue weighted by Crippen LogP contribution is 2.18. The highest BCUT2D eigenvalue weighted by Gasteiger charge is 2.19. The van der Waals surface area contributed by atoms with Crippen LogP contribution in [0.25, 0.3) is 0 Å². The van der Waals surface area contributed by atoms with E-state index in [1.165, 1.54) is 12.1 Å². The van der Waals surface area contributed by atoms with Crippen LogP contribution in [0.2, 0.25) is 0 Å². The molecule has 9 nitrogen and oxygen atoms in total. The van der Waals surface area contributed by atoms with Gasteiger partial charge in [0.1, 0.15) is 11.5 Å². The number of nitrogens with one attached hydrogen (secondary N) is 1. The van der Waals surface area contributed by atoms with Gasteiger partial charge in [-0.2, -0.15) is 4.98 Å². The lowest BCUT2D eigenvalue weighted by Crippen LogP contribution is -2.24. The Kier molecular flexibility index (Phi) is 7.47. The molecule has 1 N–H and O–H groups in total. The van der Waals surface area contributed by atoms with Gasteiger partial charge in [0.05, 0.1) is 30.2 Å². The average Bonchev–Trinajstić information content (AvgIpc) is 3.25. The monoisotopic (exact) mass is 459 g/mol. The molecule has 0 saturated heterocycles. The van der Waals surface area contributed by atoms with Crippen molar-refractivity contribution in [2.45, 2.75) is 43.6 Å². The van der Waals surface area contributed by atoms with Crippen LogP contribution >= 0.6 is 0 Å². The summed E-state index contributed by atoms with van der Waals surface area (Å²) < 4.78 is 40.1. The molecule has 0 radical (unpaired) electrons. The average molecular weight is 460 g/mol. The number of carbonyl (C=O) groups is 1. The number of nitrogens with zero attached hydrogens (tertiary/aromatic N) is 2. The van der Waals surface area contributed by atoms with Gasteiger partial charge in [-0.05, 0) is 55.8 Å². The van der Waals surface area contributed by atoms with Crippen molar-refractivity contribution >= 4 is 15.7 Å². The van der Waals surface area contributed by atoms with Crippen LogP contribution in [0.5, 0.6) is 11.5 Å². The standard InChI is InChI=1S/C22H25N3O6S/c1-15(2)32(27,28)19-10-4-16(5-11-19)12-21(26)23-13-22-24-20(25-31-22)14-30-18-8-6-17(29-3)7-9-18/h4-11,15H,12-14H2,1-3H3,(H,23,26). The van der Waals surface area contributed by atoms with E-state index in [2.05, 4.69) is 15.5 Å². The predicted molar refractivity (Wildman–Crippen MR) is 116 cm³/mol. The van der Waals surface area contributed by atoms with E-state index >= 15 is 0 Å². The predicted octanol–water partition coefficient (Wildman–Crippen LogP) is 2.70. The molecule has 1 amide bonds. The summed E-state index contributed by atoms with van der Waals surface area (Å²) in [6, 6.07) is 13.4. The van der Waals surface area contributed by atoms with Crippen LogP contribution in [-0.4, -0.2) is 36.8 Å². The molecule has 0 aliphatic carbocycles. The third kappa shape index (κ3) is 6.07. The van der Waals surface area contributed by atoms with Gasteiger partial charge in [0, 0.05) is 0 Å². The Hall–Kier alpha value is -3.40. The zero-order valence-electron chi connectivity index (χ0n) is 18.1. The molecule has 0 aliphatic heterocycles. The highest BCUT2D eigenvalue weighted by atomic mass is 32.2. The SMILES string of the molecule is COc1ccc(OCc2noc(CNC(=O)Cc3ccc(S(=O)(=O)C(C)C)cc3)n2)cc1. The maximum absolute atomic E-state index is 12.2. The van der Waals surface area contributed by atoms with Crippen LogP contribution < -0.4 is 14.8 Å². The minimum absolute atomic E-state index is 0.0776. The zero-order valence-corrected chi connectivity index (χ0v) is 18.9. The molecule has 0 spiro atoms. The number of carbonyl (C=O) groups excluding carboxylic acids is 1. The summed E-state index contributed by atoms with van der Waals surface area (Å²) in [7, 11) is -1.75. The van der Waals surface area contributed by atoms with Crippen LogP contribution in [0.1, 0.15) is 31.1 Å². The molecule has 3 aromatic rings. The third-order valence-corrected chi connectivity index (χ3v) is 6.78. The largest absolute Gasteiger partial charge is 0.497 e. The van der Waals surface area contributed by atoms with E-state index in [0.717, 1.165) is 5.75 Å². The Bertz CT molecular complexity index is 1140. The van der Waals surface area contributed by atoms with Crippen molar-refractivity contribution < 1.29 is 27.2 Å². The molecule has 0 bridgehead atoms. The first-order valence-corrected chi connectivity index (χ1v) is 11.5. The van der Waals surface area contributed by atoms with E-state index in [0.29, 0.717) is 17.1 Å². The molecule has 0 saturated carbocycles. The van der Waals surface area contributed by atoms with Gasteiger partial charge in [-0.1, -0.05) is 17.3 Å². The van der Waals surface area contributed by atoms with Gasteiger partial charge in [-0.15, -0.1) is 0 Å². The fraction of sp³-hybridized carbons (Fsp3) is 0.318. The second-order valence-electron chi connectivity index (χ2n) is 7.26.